The Labute approximate surface area is 122 Å². The monoisotopic (exact) mass is 261 g/mol. The maximum atomic E-state index is 11.0. The number of rotatable bonds is 2. The van der Waals surface area contributed by atoms with E-state index in [-0.39, 0.29) is 34.5 Å². The topological polar surface area (TPSA) is 63.6 Å². The predicted molar refractivity (Wildman–Crippen MR) is 66.1 cm³/mol. The van der Waals surface area contributed by atoms with Crippen LogP contribution in [0.2, 0.25) is 0 Å². The van der Waals surface area contributed by atoms with E-state index >= 15 is 0 Å². The van der Waals surface area contributed by atoms with E-state index in [1.807, 2.05) is 6.07 Å². The average Bonchev–Trinajstić information content (AvgIpc) is 2.26. The van der Waals surface area contributed by atoms with Gasteiger partial charge in [-0.2, -0.15) is 8.42 Å². The molecule has 2 aromatic carbocycles. The summed E-state index contributed by atoms with van der Waals surface area (Å²) >= 11 is 0. The molecule has 0 aliphatic carbocycles. The first kappa shape index (κ1) is 14.5. The molecule has 6 heteroatoms. The van der Waals surface area contributed by atoms with Crippen molar-refractivity contribution in [3.05, 3.63) is 36.4 Å². The number of methoxy groups -OCH3 is 1. The van der Waals surface area contributed by atoms with Gasteiger partial charge < -0.3 is 4.74 Å². The van der Waals surface area contributed by atoms with Crippen LogP contribution in [-0.4, -0.2) is 49.6 Å². The van der Waals surface area contributed by atoms with Crippen molar-refractivity contribution in [3.8, 4) is 5.75 Å². The number of benzene rings is 2. The standard InChI is InChI=1S/C11H10O4S.Na/c1-15-10-4-2-8-3-5-11(16(12,13)14)7-9(8)6-10;/h2-7H,1H3,(H,12,13,14);. The van der Waals surface area contributed by atoms with Crippen LogP contribution >= 0.6 is 0 Å². The molecule has 0 fully saturated rings. The minimum Gasteiger partial charge on any atom is -0.497 e. The Morgan fingerprint density at radius 1 is 1.06 bits per heavy atom. The molecule has 1 N–H and O–H groups in total. The molecule has 2 rings (SSSR count). The van der Waals surface area contributed by atoms with Gasteiger partial charge in [0.15, 0.2) is 0 Å². The Kier molecular flexibility index (Phi) is 4.57. The quantitative estimate of drug-likeness (QED) is 0.660. The normalized spacial score (nSPS) is 10.9. The van der Waals surface area contributed by atoms with Crippen LogP contribution in [0, 0.1) is 0 Å². The molecule has 0 saturated carbocycles. The van der Waals surface area contributed by atoms with Gasteiger partial charge in [-0.05, 0) is 35.0 Å². The van der Waals surface area contributed by atoms with Gasteiger partial charge in [0.25, 0.3) is 10.1 Å². The van der Waals surface area contributed by atoms with Crippen LogP contribution in [0.3, 0.4) is 0 Å². The molecule has 1 radical (unpaired) electrons. The summed E-state index contributed by atoms with van der Waals surface area (Å²) in [4.78, 5) is -0.117. The number of hydrogen-bond donors (Lipinski definition) is 1. The number of hydrogen-bond acceptors (Lipinski definition) is 3. The molecule has 0 atom stereocenters. The number of fused-ring (bicyclic) bond motifs is 1. The van der Waals surface area contributed by atoms with E-state index in [9.17, 15) is 8.42 Å². The van der Waals surface area contributed by atoms with Gasteiger partial charge in [-0.3, -0.25) is 4.55 Å². The third-order valence-electron chi connectivity index (χ3n) is 2.32. The van der Waals surface area contributed by atoms with Crippen LogP contribution in [-0.2, 0) is 10.1 Å². The summed E-state index contributed by atoms with van der Waals surface area (Å²) in [5, 5.41) is 1.59. The van der Waals surface area contributed by atoms with E-state index in [2.05, 4.69) is 0 Å². The Balaban J connectivity index is 0.00000144. The first-order valence-electron chi connectivity index (χ1n) is 4.56. The summed E-state index contributed by atoms with van der Waals surface area (Å²) in [6.45, 7) is 0. The van der Waals surface area contributed by atoms with Gasteiger partial charge >= 0.3 is 0 Å². The Morgan fingerprint density at radius 2 is 1.71 bits per heavy atom. The van der Waals surface area contributed by atoms with Crippen molar-refractivity contribution in [2.45, 2.75) is 4.90 Å². The van der Waals surface area contributed by atoms with E-state index in [0.717, 1.165) is 5.39 Å². The fourth-order valence-electron chi connectivity index (χ4n) is 1.49. The molecule has 0 aromatic heterocycles. The second kappa shape index (κ2) is 5.37. The summed E-state index contributed by atoms with van der Waals surface area (Å²) in [7, 11) is -2.62. The van der Waals surface area contributed by atoms with Gasteiger partial charge in [-0.25, -0.2) is 0 Å². The second-order valence-corrected chi connectivity index (χ2v) is 4.77. The van der Waals surface area contributed by atoms with Crippen molar-refractivity contribution in [2.24, 2.45) is 0 Å². The molecule has 0 unspecified atom stereocenters. The van der Waals surface area contributed by atoms with Gasteiger partial charge in [0.2, 0.25) is 0 Å². The van der Waals surface area contributed by atoms with E-state index in [0.29, 0.717) is 11.1 Å². The summed E-state index contributed by atoms with van der Waals surface area (Å²) in [6.07, 6.45) is 0. The zero-order valence-corrected chi connectivity index (χ0v) is 12.4. The molecule has 4 nitrogen and oxygen atoms in total. The van der Waals surface area contributed by atoms with Gasteiger partial charge in [0, 0.05) is 29.6 Å². The molecule has 17 heavy (non-hydrogen) atoms. The predicted octanol–water partition coefficient (Wildman–Crippen LogP) is 1.71. The minimum atomic E-state index is -4.15. The van der Waals surface area contributed by atoms with Crippen LogP contribution in [0.4, 0.5) is 0 Å². The first-order chi connectivity index (χ1) is 7.50. The molecule has 0 amide bonds. The van der Waals surface area contributed by atoms with Gasteiger partial charge in [0.05, 0.1) is 12.0 Å². The zero-order valence-electron chi connectivity index (χ0n) is 9.54. The Morgan fingerprint density at radius 3 is 2.29 bits per heavy atom. The van der Waals surface area contributed by atoms with Gasteiger partial charge in [0.1, 0.15) is 5.75 Å². The van der Waals surface area contributed by atoms with E-state index in [1.54, 1.807) is 18.2 Å². The van der Waals surface area contributed by atoms with E-state index in [4.69, 9.17) is 9.29 Å². The first-order valence-corrected chi connectivity index (χ1v) is 6.00. The third-order valence-corrected chi connectivity index (χ3v) is 3.17. The SMILES string of the molecule is COc1ccc2ccc(S(=O)(=O)O)cc2c1.[Na]. The van der Waals surface area contributed by atoms with Crippen molar-refractivity contribution in [2.75, 3.05) is 7.11 Å². The maximum Gasteiger partial charge on any atom is 0.294 e. The molecule has 0 spiro atoms. The molecule has 2 aromatic rings. The molecule has 0 aliphatic heterocycles. The van der Waals surface area contributed by atoms with Crippen LogP contribution in [0.5, 0.6) is 5.75 Å². The van der Waals surface area contributed by atoms with Crippen molar-refractivity contribution in [3.63, 3.8) is 0 Å². The largest absolute Gasteiger partial charge is 0.497 e. The van der Waals surface area contributed by atoms with Gasteiger partial charge in [-0.1, -0.05) is 12.1 Å². The Hall–Kier alpha value is -0.590. The van der Waals surface area contributed by atoms with Crippen LogP contribution in [0.25, 0.3) is 10.8 Å². The molecule has 0 bridgehead atoms. The van der Waals surface area contributed by atoms with Gasteiger partial charge in [-0.15, -0.1) is 0 Å². The van der Waals surface area contributed by atoms with Crippen LogP contribution in [0.1, 0.15) is 0 Å². The molecule has 0 aliphatic rings. The molecule has 0 heterocycles. The van der Waals surface area contributed by atoms with Crippen molar-refractivity contribution in [1.29, 1.82) is 0 Å². The maximum absolute atomic E-state index is 11.0. The smallest absolute Gasteiger partial charge is 0.294 e. The molecule has 0 saturated heterocycles. The van der Waals surface area contributed by atoms with Crippen molar-refractivity contribution >= 4 is 50.4 Å². The minimum absolute atomic E-state index is 0. The summed E-state index contributed by atoms with van der Waals surface area (Å²) in [5.41, 5.74) is 0. The third kappa shape index (κ3) is 3.20. The molecule has 85 valence electrons. The summed E-state index contributed by atoms with van der Waals surface area (Å²) < 4.78 is 35.9. The summed E-state index contributed by atoms with van der Waals surface area (Å²) in [5.74, 6) is 0.639. The Bertz CT molecular complexity index is 637. The fourth-order valence-corrected chi connectivity index (χ4v) is 2.01. The van der Waals surface area contributed by atoms with Crippen LogP contribution < -0.4 is 4.74 Å². The number of ether oxygens (including phenoxy) is 1. The summed E-state index contributed by atoms with van der Waals surface area (Å²) in [6, 6.07) is 9.73. The van der Waals surface area contributed by atoms with E-state index < -0.39 is 10.1 Å². The van der Waals surface area contributed by atoms with E-state index in [1.165, 1.54) is 19.2 Å². The zero-order chi connectivity index (χ0) is 11.8. The molecular formula is C11H10NaO4S. The van der Waals surface area contributed by atoms with Crippen molar-refractivity contribution < 1.29 is 17.7 Å². The molecular weight excluding hydrogens is 251 g/mol. The average molecular weight is 261 g/mol. The van der Waals surface area contributed by atoms with Crippen LogP contribution in [0.15, 0.2) is 41.3 Å². The van der Waals surface area contributed by atoms with Crippen molar-refractivity contribution in [1.82, 2.24) is 0 Å². The fraction of sp³-hybridized carbons (Fsp3) is 0.0909. The second-order valence-electron chi connectivity index (χ2n) is 3.35.